The average molecular weight is 408 g/mol. The summed E-state index contributed by atoms with van der Waals surface area (Å²) in [5.74, 6) is -0.460. The van der Waals surface area contributed by atoms with Gasteiger partial charge in [-0.3, -0.25) is 14.9 Å². The molecular formula is C23H25N3O2S. The van der Waals surface area contributed by atoms with E-state index in [2.05, 4.69) is 16.0 Å². The normalized spacial score (nSPS) is 11.6. The fourth-order valence-corrected chi connectivity index (χ4v) is 3.89. The van der Waals surface area contributed by atoms with Gasteiger partial charge in [0.15, 0.2) is 0 Å². The number of carbonyl (C=O) groups excluding carboxylic acids is 2. The molecule has 29 heavy (non-hydrogen) atoms. The lowest BCUT2D eigenvalue weighted by Crippen LogP contribution is -2.39. The summed E-state index contributed by atoms with van der Waals surface area (Å²) in [5, 5.41) is 10.9. The van der Waals surface area contributed by atoms with Gasteiger partial charge in [0.1, 0.15) is 0 Å². The van der Waals surface area contributed by atoms with Crippen LogP contribution in [-0.2, 0) is 16.0 Å². The lowest BCUT2D eigenvalue weighted by atomic mass is 10.1. The van der Waals surface area contributed by atoms with E-state index in [1.165, 1.54) is 0 Å². The topological polar surface area (TPSA) is 70.2 Å². The Morgan fingerprint density at radius 3 is 2.38 bits per heavy atom. The number of hydrogen-bond donors (Lipinski definition) is 3. The third-order valence-corrected chi connectivity index (χ3v) is 5.48. The van der Waals surface area contributed by atoms with E-state index in [0.717, 1.165) is 28.1 Å². The molecule has 0 unspecified atom stereocenters. The lowest BCUT2D eigenvalue weighted by Gasteiger charge is -2.18. The van der Waals surface area contributed by atoms with Crippen molar-refractivity contribution < 1.29 is 9.59 Å². The largest absolute Gasteiger partial charge is 0.346 e. The van der Waals surface area contributed by atoms with Crippen molar-refractivity contribution in [1.82, 2.24) is 10.6 Å². The Kier molecular flexibility index (Phi) is 7.55. The number of thiophene rings is 1. The van der Waals surface area contributed by atoms with Crippen molar-refractivity contribution in [2.75, 3.05) is 18.4 Å². The van der Waals surface area contributed by atoms with Crippen LogP contribution in [0.15, 0.2) is 72.1 Å². The first-order valence-electron chi connectivity index (χ1n) is 9.63. The molecule has 1 aromatic heterocycles. The van der Waals surface area contributed by atoms with Gasteiger partial charge in [0.05, 0.1) is 19.1 Å². The number of benzene rings is 2. The molecule has 3 aromatic rings. The van der Waals surface area contributed by atoms with Crippen molar-refractivity contribution in [3.8, 4) is 0 Å². The maximum Gasteiger partial charge on any atom is 0.243 e. The second-order valence-corrected chi connectivity index (χ2v) is 7.55. The maximum atomic E-state index is 12.3. The van der Waals surface area contributed by atoms with E-state index < -0.39 is 0 Å². The minimum absolute atomic E-state index is 0.0619. The minimum Gasteiger partial charge on any atom is -0.346 e. The van der Waals surface area contributed by atoms with Crippen LogP contribution in [0.1, 0.15) is 29.0 Å². The van der Waals surface area contributed by atoms with Gasteiger partial charge in [-0.25, -0.2) is 0 Å². The van der Waals surface area contributed by atoms with E-state index in [1.807, 2.05) is 79.0 Å². The zero-order valence-corrected chi connectivity index (χ0v) is 17.2. The SMILES string of the molecule is CCc1ccccc1NC(=O)CNC(=O)CN[C@H](c1ccccc1)c1cccs1. The quantitative estimate of drug-likeness (QED) is 0.506. The predicted octanol–water partition coefficient (Wildman–Crippen LogP) is 3.74. The molecule has 0 saturated carbocycles. The standard InChI is InChI=1S/C23H25N3O2S/c1-2-17-9-6-7-12-19(17)26-22(28)16-24-21(27)15-25-23(20-13-8-14-29-20)18-10-4-3-5-11-18/h3-14,23,25H,2,15-16H2,1H3,(H,24,27)(H,26,28)/t23-/m1/s1. The zero-order valence-electron chi connectivity index (χ0n) is 16.4. The lowest BCUT2D eigenvalue weighted by molar-refractivity contribution is -0.123. The Morgan fingerprint density at radius 1 is 0.897 bits per heavy atom. The monoisotopic (exact) mass is 407 g/mol. The molecular weight excluding hydrogens is 382 g/mol. The van der Waals surface area contributed by atoms with Crippen molar-refractivity contribution in [3.05, 3.63) is 88.1 Å². The minimum atomic E-state index is -0.239. The molecule has 5 nitrogen and oxygen atoms in total. The number of carbonyl (C=O) groups is 2. The summed E-state index contributed by atoms with van der Waals surface area (Å²) in [6.07, 6.45) is 0.830. The molecule has 0 radical (unpaired) electrons. The fourth-order valence-electron chi connectivity index (χ4n) is 3.06. The highest BCUT2D eigenvalue weighted by Crippen LogP contribution is 2.25. The highest BCUT2D eigenvalue weighted by atomic mass is 32.1. The van der Waals surface area contributed by atoms with Gasteiger partial charge in [0.2, 0.25) is 11.8 Å². The van der Waals surface area contributed by atoms with Crippen molar-refractivity contribution in [2.45, 2.75) is 19.4 Å². The Bertz CT molecular complexity index is 926. The van der Waals surface area contributed by atoms with Crippen LogP contribution in [0.2, 0.25) is 0 Å². The van der Waals surface area contributed by atoms with Crippen LogP contribution in [0, 0.1) is 0 Å². The van der Waals surface area contributed by atoms with E-state index in [1.54, 1.807) is 11.3 Å². The van der Waals surface area contributed by atoms with Crippen molar-refractivity contribution >= 4 is 28.8 Å². The number of rotatable bonds is 9. The van der Waals surface area contributed by atoms with E-state index in [-0.39, 0.29) is 30.9 Å². The summed E-state index contributed by atoms with van der Waals surface area (Å²) < 4.78 is 0. The average Bonchev–Trinajstić information content (AvgIpc) is 3.28. The van der Waals surface area contributed by atoms with Gasteiger partial charge in [0, 0.05) is 10.6 Å². The second-order valence-electron chi connectivity index (χ2n) is 6.58. The highest BCUT2D eigenvalue weighted by molar-refractivity contribution is 7.10. The van der Waals surface area contributed by atoms with Crippen LogP contribution in [0.3, 0.4) is 0 Å². The molecule has 150 valence electrons. The number of amides is 2. The van der Waals surface area contributed by atoms with E-state index in [0.29, 0.717) is 0 Å². The Labute approximate surface area is 175 Å². The molecule has 0 aliphatic rings. The fraction of sp³-hybridized carbons (Fsp3) is 0.217. The van der Waals surface area contributed by atoms with Crippen LogP contribution < -0.4 is 16.0 Å². The van der Waals surface area contributed by atoms with E-state index in [9.17, 15) is 9.59 Å². The predicted molar refractivity (Wildman–Crippen MR) is 118 cm³/mol. The molecule has 0 fully saturated rings. The Morgan fingerprint density at radius 2 is 1.66 bits per heavy atom. The first kappa shape index (κ1) is 20.8. The molecule has 0 saturated heterocycles. The number of hydrogen-bond acceptors (Lipinski definition) is 4. The molecule has 1 atom stereocenters. The van der Waals surface area contributed by atoms with Crippen molar-refractivity contribution in [2.24, 2.45) is 0 Å². The first-order valence-corrected chi connectivity index (χ1v) is 10.5. The first-order chi connectivity index (χ1) is 14.2. The molecule has 6 heteroatoms. The smallest absolute Gasteiger partial charge is 0.243 e. The number of para-hydroxylation sites is 1. The maximum absolute atomic E-state index is 12.3. The molecule has 3 rings (SSSR count). The molecule has 0 spiro atoms. The summed E-state index contributed by atoms with van der Waals surface area (Å²) in [6, 6.07) is 21.7. The van der Waals surface area contributed by atoms with Gasteiger partial charge in [-0.05, 0) is 35.1 Å². The van der Waals surface area contributed by atoms with Crippen LogP contribution in [-0.4, -0.2) is 24.9 Å². The van der Waals surface area contributed by atoms with Crippen LogP contribution in [0.5, 0.6) is 0 Å². The van der Waals surface area contributed by atoms with E-state index in [4.69, 9.17) is 0 Å². The highest BCUT2D eigenvalue weighted by Gasteiger charge is 2.16. The molecule has 3 N–H and O–H groups in total. The molecule has 2 amide bonds. The van der Waals surface area contributed by atoms with Crippen LogP contribution in [0.4, 0.5) is 5.69 Å². The Hall–Kier alpha value is -2.96. The van der Waals surface area contributed by atoms with Crippen molar-refractivity contribution in [3.63, 3.8) is 0 Å². The van der Waals surface area contributed by atoms with Crippen LogP contribution >= 0.6 is 11.3 Å². The second kappa shape index (κ2) is 10.5. The number of aryl methyl sites for hydroxylation is 1. The van der Waals surface area contributed by atoms with Gasteiger partial charge in [-0.15, -0.1) is 11.3 Å². The van der Waals surface area contributed by atoms with E-state index >= 15 is 0 Å². The zero-order chi connectivity index (χ0) is 20.5. The molecule has 0 bridgehead atoms. The molecule has 1 heterocycles. The summed E-state index contributed by atoms with van der Waals surface area (Å²) in [5.41, 5.74) is 2.95. The van der Waals surface area contributed by atoms with Crippen molar-refractivity contribution in [1.29, 1.82) is 0 Å². The molecule has 0 aliphatic carbocycles. The third-order valence-electron chi connectivity index (χ3n) is 4.55. The number of anilines is 1. The summed E-state index contributed by atoms with van der Waals surface area (Å²) in [4.78, 5) is 25.6. The summed E-state index contributed by atoms with van der Waals surface area (Å²) >= 11 is 1.64. The molecule has 2 aromatic carbocycles. The van der Waals surface area contributed by atoms with Crippen LogP contribution in [0.25, 0.3) is 0 Å². The van der Waals surface area contributed by atoms with Gasteiger partial charge < -0.3 is 10.6 Å². The Balaban J connectivity index is 1.51. The molecule has 0 aliphatic heterocycles. The van der Waals surface area contributed by atoms with Gasteiger partial charge in [0.25, 0.3) is 0 Å². The number of nitrogens with one attached hydrogen (secondary N) is 3. The van der Waals surface area contributed by atoms with Gasteiger partial charge in [-0.2, -0.15) is 0 Å². The summed E-state index contributed by atoms with van der Waals surface area (Å²) in [6.45, 7) is 2.10. The summed E-state index contributed by atoms with van der Waals surface area (Å²) in [7, 11) is 0. The third kappa shape index (κ3) is 6.01. The van der Waals surface area contributed by atoms with Gasteiger partial charge >= 0.3 is 0 Å². The van der Waals surface area contributed by atoms with Gasteiger partial charge in [-0.1, -0.05) is 61.5 Å².